The van der Waals surface area contributed by atoms with Crippen LogP contribution in [0.15, 0.2) is 12.3 Å². The molecule has 0 radical (unpaired) electrons. The van der Waals surface area contributed by atoms with Crippen molar-refractivity contribution >= 4 is 5.69 Å². The molecular weight excluding hydrogens is 180 g/mol. The van der Waals surface area contributed by atoms with Crippen molar-refractivity contribution in [2.24, 2.45) is 0 Å². The number of pyridine rings is 1. The Morgan fingerprint density at radius 2 is 2.43 bits per heavy atom. The molecule has 1 aromatic heterocycles. The molecule has 0 spiro atoms. The van der Waals surface area contributed by atoms with Gasteiger partial charge in [-0.2, -0.15) is 0 Å². The highest BCUT2D eigenvalue weighted by Crippen LogP contribution is 2.28. The monoisotopic (exact) mass is 194 g/mol. The fraction of sp³-hybridized carbons (Fsp3) is 0.500. The molecule has 1 aromatic rings. The summed E-state index contributed by atoms with van der Waals surface area (Å²) in [5.41, 5.74) is 2.18. The molecule has 0 N–H and O–H groups in total. The van der Waals surface area contributed by atoms with E-state index in [1.807, 2.05) is 13.1 Å². The summed E-state index contributed by atoms with van der Waals surface area (Å²) >= 11 is 0. The topological polar surface area (TPSA) is 34.6 Å². The van der Waals surface area contributed by atoms with Gasteiger partial charge in [0.1, 0.15) is 0 Å². The van der Waals surface area contributed by atoms with E-state index in [1.54, 1.807) is 13.3 Å². The number of rotatable bonds is 1. The Kier molecular flexibility index (Phi) is 2.54. The first-order chi connectivity index (χ1) is 6.83. The van der Waals surface area contributed by atoms with Gasteiger partial charge in [-0.1, -0.05) is 0 Å². The average Bonchev–Trinajstić information content (AvgIpc) is 2.41. The molecular formula is C10H14N2O2. The number of ether oxygens (including phenoxy) is 2. The van der Waals surface area contributed by atoms with Crippen LogP contribution in [0.4, 0.5) is 5.69 Å². The summed E-state index contributed by atoms with van der Waals surface area (Å²) in [6.45, 7) is 2.23. The lowest BCUT2D eigenvalue weighted by atomic mass is 10.2. The second-order valence-corrected chi connectivity index (χ2v) is 3.29. The Hall–Kier alpha value is -1.29. The first-order valence-corrected chi connectivity index (χ1v) is 4.63. The second kappa shape index (κ2) is 3.84. The summed E-state index contributed by atoms with van der Waals surface area (Å²) in [5, 5.41) is 0. The highest BCUT2D eigenvalue weighted by Gasteiger charge is 2.16. The molecule has 2 heterocycles. The summed E-state index contributed by atoms with van der Waals surface area (Å²) in [6, 6.07) is 1.99. The van der Waals surface area contributed by atoms with Gasteiger partial charge in [0.05, 0.1) is 25.9 Å². The number of nitrogens with zero attached hydrogens (tertiary/aromatic N) is 2. The van der Waals surface area contributed by atoms with Crippen molar-refractivity contribution < 1.29 is 9.47 Å². The van der Waals surface area contributed by atoms with Crippen LogP contribution in [-0.4, -0.2) is 32.3 Å². The second-order valence-electron chi connectivity index (χ2n) is 3.29. The van der Waals surface area contributed by atoms with E-state index in [4.69, 9.17) is 9.47 Å². The van der Waals surface area contributed by atoms with Crippen molar-refractivity contribution in [1.29, 1.82) is 0 Å². The smallest absolute Gasteiger partial charge is 0.220 e. The normalized spacial score (nSPS) is 16.0. The van der Waals surface area contributed by atoms with Crippen molar-refractivity contribution in [3.8, 4) is 5.88 Å². The van der Waals surface area contributed by atoms with Crippen LogP contribution in [0.1, 0.15) is 5.56 Å². The van der Waals surface area contributed by atoms with Crippen molar-refractivity contribution in [2.45, 2.75) is 6.61 Å². The van der Waals surface area contributed by atoms with E-state index < -0.39 is 0 Å². The molecule has 0 saturated carbocycles. The molecule has 4 nitrogen and oxygen atoms in total. The number of likely N-dealkylation sites (N-methyl/N-ethyl adjacent to an activating group) is 1. The van der Waals surface area contributed by atoms with Gasteiger partial charge in [0.25, 0.3) is 0 Å². The number of anilines is 1. The molecule has 1 aliphatic rings. The quantitative estimate of drug-likeness (QED) is 0.669. The maximum Gasteiger partial charge on any atom is 0.220 e. The molecule has 2 rings (SSSR count). The predicted octanol–water partition coefficient (Wildman–Crippen LogP) is 1.06. The maximum atomic E-state index is 5.47. The SMILES string of the molecule is COc1nccc2c1COCCN2C. The molecule has 0 unspecified atom stereocenters. The van der Waals surface area contributed by atoms with Crippen LogP contribution in [0.5, 0.6) is 5.88 Å². The third kappa shape index (κ3) is 1.53. The lowest BCUT2D eigenvalue weighted by Gasteiger charge is -2.18. The van der Waals surface area contributed by atoms with Gasteiger partial charge in [-0.05, 0) is 6.07 Å². The average molecular weight is 194 g/mol. The van der Waals surface area contributed by atoms with Crippen molar-refractivity contribution in [3.63, 3.8) is 0 Å². The minimum absolute atomic E-state index is 0.580. The maximum absolute atomic E-state index is 5.47. The standard InChI is InChI=1S/C10H14N2O2/c1-12-5-6-14-7-8-9(12)3-4-11-10(8)13-2/h3-4H,5-7H2,1-2H3. The van der Waals surface area contributed by atoms with E-state index in [0.29, 0.717) is 12.5 Å². The fourth-order valence-corrected chi connectivity index (χ4v) is 1.63. The molecule has 0 saturated heterocycles. The summed E-state index contributed by atoms with van der Waals surface area (Å²) in [7, 11) is 3.68. The Labute approximate surface area is 83.5 Å². The van der Waals surface area contributed by atoms with Crippen LogP contribution in [-0.2, 0) is 11.3 Å². The Morgan fingerprint density at radius 3 is 3.21 bits per heavy atom. The van der Waals surface area contributed by atoms with Gasteiger partial charge in [0.2, 0.25) is 5.88 Å². The van der Waals surface area contributed by atoms with Crippen LogP contribution < -0.4 is 9.64 Å². The van der Waals surface area contributed by atoms with Gasteiger partial charge in [0, 0.05) is 25.5 Å². The lowest BCUT2D eigenvalue weighted by Crippen LogP contribution is -2.20. The molecule has 0 aliphatic carbocycles. The Balaban J connectivity index is 2.46. The van der Waals surface area contributed by atoms with E-state index in [0.717, 1.165) is 24.4 Å². The highest BCUT2D eigenvalue weighted by molar-refractivity contribution is 5.56. The number of hydrogen-bond acceptors (Lipinski definition) is 4. The van der Waals surface area contributed by atoms with Crippen LogP contribution in [0.3, 0.4) is 0 Å². The van der Waals surface area contributed by atoms with Gasteiger partial charge in [0.15, 0.2) is 0 Å². The Bertz CT molecular complexity index is 328. The van der Waals surface area contributed by atoms with Gasteiger partial charge in [-0.3, -0.25) is 0 Å². The number of aromatic nitrogens is 1. The van der Waals surface area contributed by atoms with Gasteiger partial charge < -0.3 is 14.4 Å². The summed E-state index contributed by atoms with van der Waals surface area (Å²) in [6.07, 6.45) is 1.76. The van der Waals surface area contributed by atoms with Crippen LogP contribution in [0.25, 0.3) is 0 Å². The van der Waals surface area contributed by atoms with Crippen molar-refractivity contribution in [3.05, 3.63) is 17.8 Å². The van der Waals surface area contributed by atoms with E-state index in [1.165, 1.54) is 0 Å². The third-order valence-electron chi connectivity index (χ3n) is 2.41. The van der Waals surface area contributed by atoms with Crippen LogP contribution in [0.2, 0.25) is 0 Å². The zero-order chi connectivity index (χ0) is 9.97. The molecule has 76 valence electrons. The van der Waals surface area contributed by atoms with E-state index >= 15 is 0 Å². The molecule has 0 atom stereocenters. The number of hydrogen-bond donors (Lipinski definition) is 0. The zero-order valence-corrected chi connectivity index (χ0v) is 8.49. The summed E-state index contributed by atoms with van der Waals surface area (Å²) in [4.78, 5) is 6.32. The molecule has 4 heteroatoms. The first kappa shape index (κ1) is 9.27. The lowest BCUT2D eigenvalue weighted by molar-refractivity contribution is 0.130. The van der Waals surface area contributed by atoms with Gasteiger partial charge in [-0.25, -0.2) is 4.98 Å². The minimum Gasteiger partial charge on any atom is -0.481 e. The summed E-state index contributed by atoms with van der Waals surface area (Å²) < 4.78 is 10.7. The zero-order valence-electron chi connectivity index (χ0n) is 8.49. The van der Waals surface area contributed by atoms with Crippen molar-refractivity contribution in [2.75, 3.05) is 32.2 Å². The summed E-state index contributed by atoms with van der Waals surface area (Å²) in [5.74, 6) is 0.663. The Morgan fingerprint density at radius 1 is 1.57 bits per heavy atom. The van der Waals surface area contributed by atoms with E-state index in [-0.39, 0.29) is 0 Å². The fourth-order valence-electron chi connectivity index (χ4n) is 1.63. The molecule has 14 heavy (non-hydrogen) atoms. The third-order valence-corrected chi connectivity index (χ3v) is 2.41. The van der Waals surface area contributed by atoms with Crippen LogP contribution >= 0.6 is 0 Å². The predicted molar refractivity (Wildman–Crippen MR) is 53.7 cm³/mol. The van der Waals surface area contributed by atoms with Crippen LogP contribution in [0, 0.1) is 0 Å². The molecule has 0 aromatic carbocycles. The number of methoxy groups -OCH3 is 1. The van der Waals surface area contributed by atoms with E-state index in [9.17, 15) is 0 Å². The van der Waals surface area contributed by atoms with Crippen molar-refractivity contribution in [1.82, 2.24) is 4.98 Å². The molecule has 1 aliphatic heterocycles. The van der Waals surface area contributed by atoms with E-state index in [2.05, 4.69) is 9.88 Å². The molecule has 0 bridgehead atoms. The van der Waals surface area contributed by atoms with Gasteiger partial charge in [-0.15, -0.1) is 0 Å². The first-order valence-electron chi connectivity index (χ1n) is 4.63. The highest BCUT2D eigenvalue weighted by atomic mass is 16.5. The molecule has 0 fully saturated rings. The minimum atomic E-state index is 0.580. The van der Waals surface area contributed by atoms with Gasteiger partial charge >= 0.3 is 0 Å². The molecule has 0 amide bonds. The number of fused-ring (bicyclic) bond motifs is 1. The largest absolute Gasteiger partial charge is 0.481 e.